The summed E-state index contributed by atoms with van der Waals surface area (Å²) in [6, 6.07) is 9.88. The van der Waals surface area contributed by atoms with Crippen LogP contribution in [0.15, 0.2) is 30.3 Å². The van der Waals surface area contributed by atoms with Crippen molar-refractivity contribution in [3.8, 4) is 0 Å². The SMILES string of the molecule is CCOC(=O)C(CC)N(CCN)Cc1ccccc1. The van der Waals surface area contributed by atoms with Crippen LogP contribution in [0.5, 0.6) is 0 Å². The van der Waals surface area contributed by atoms with Crippen LogP contribution < -0.4 is 5.73 Å². The molecule has 0 fully saturated rings. The minimum Gasteiger partial charge on any atom is -0.465 e. The fraction of sp³-hybridized carbons (Fsp3) is 0.533. The summed E-state index contributed by atoms with van der Waals surface area (Å²) < 4.78 is 5.14. The summed E-state index contributed by atoms with van der Waals surface area (Å²) in [5.41, 5.74) is 6.84. The molecule has 4 heteroatoms. The van der Waals surface area contributed by atoms with E-state index in [4.69, 9.17) is 10.5 Å². The number of benzene rings is 1. The van der Waals surface area contributed by atoms with Gasteiger partial charge in [-0.05, 0) is 18.9 Å². The number of carbonyl (C=O) groups excluding carboxylic acids is 1. The first-order valence-electron chi connectivity index (χ1n) is 6.87. The van der Waals surface area contributed by atoms with Crippen LogP contribution in [0.2, 0.25) is 0 Å². The molecule has 19 heavy (non-hydrogen) atoms. The van der Waals surface area contributed by atoms with Gasteiger partial charge < -0.3 is 10.5 Å². The van der Waals surface area contributed by atoms with Gasteiger partial charge in [-0.15, -0.1) is 0 Å². The Kier molecular flexibility index (Phi) is 7.15. The molecule has 4 nitrogen and oxygen atoms in total. The van der Waals surface area contributed by atoms with Crippen molar-refractivity contribution in [3.05, 3.63) is 35.9 Å². The molecule has 1 unspecified atom stereocenters. The zero-order valence-electron chi connectivity index (χ0n) is 11.8. The summed E-state index contributed by atoms with van der Waals surface area (Å²) in [6.07, 6.45) is 0.728. The van der Waals surface area contributed by atoms with Gasteiger partial charge in [0.05, 0.1) is 6.61 Å². The average Bonchev–Trinajstić information content (AvgIpc) is 2.41. The Morgan fingerprint density at radius 1 is 1.32 bits per heavy atom. The summed E-state index contributed by atoms with van der Waals surface area (Å²) in [5.74, 6) is -0.158. The van der Waals surface area contributed by atoms with Crippen LogP contribution in [0.25, 0.3) is 0 Å². The highest BCUT2D eigenvalue weighted by atomic mass is 16.5. The number of rotatable bonds is 8. The zero-order chi connectivity index (χ0) is 14.1. The van der Waals surface area contributed by atoms with E-state index in [9.17, 15) is 4.79 Å². The molecule has 1 aromatic carbocycles. The van der Waals surface area contributed by atoms with Crippen molar-refractivity contribution >= 4 is 5.97 Å². The largest absolute Gasteiger partial charge is 0.465 e. The Labute approximate surface area is 115 Å². The van der Waals surface area contributed by atoms with E-state index in [2.05, 4.69) is 17.0 Å². The molecule has 1 atom stereocenters. The predicted octanol–water partition coefficient (Wildman–Crippen LogP) is 1.79. The van der Waals surface area contributed by atoms with E-state index < -0.39 is 0 Å². The van der Waals surface area contributed by atoms with E-state index in [-0.39, 0.29) is 12.0 Å². The lowest BCUT2D eigenvalue weighted by atomic mass is 10.1. The lowest BCUT2D eigenvalue weighted by molar-refractivity contribution is -0.150. The molecule has 1 rings (SSSR count). The van der Waals surface area contributed by atoms with Crippen LogP contribution in [-0.4, -0.2) is 36.6 Å². The molecule has 0 aliphatic carbocycles. The standard InChI is InChI=1S/C15H24N2O2/c1-3-14(15(18)19-4-2)17(11-10-16)12-13-8-6-5-7-9-13/h5-9,14H,3-4,10-12,16H2,1-2H3. The van der Waals surface area contributed by atoms with Crippen molar-refractivity contribution in [1.82, 2.24) is 4.90 Å². The molecule has 0 saturated carbocycles. The molecule has 0 bridgehead atoms. The van der Waals surface area contributed by atoms with Gasteiger partial charge in [-0.3, -0.25) is 9.69 Å². The number of nitrogens with two attached hydrogens (primary N) is 1. The Balaban J connectivity index is 2.76. The maximum absolute atomic E-state index is 12.0. The molecule has 2 N–H and O–H groups in total. The monoisotopic (exact) mass is 264 g/mol. The highest BCUT2D eigenvalue weighted by Gasteiger charge is 2.24. The first-order chi connectivity index (χ1) is 9.22. The van der Waals surface area contributed by atoms with Crippen molar-refractivity contribution in [2.24, 2.45) is 5.73 Å². The molecule has 0 aromatic heterocycles. The van der Waals surface area contributed by atoms with Crippen LogP contribution >= 0.6 is 0 Å². The third-order valence-corrected chi connectivity index (χ3v) is 3.03. The first-order valence-corrected chi connectivity index (χ1v) is 6.87. The van der Waals surface area contributed by atoms with Crippen LogP contribution in [0.3, 0.4) is 0 Å². The van der Waals surface area contributed by atoms with Gasteiger partial charge in [-0.2, -0.15) is 0 Å². The molecule has 0 spiro atoms. The third kappa shape index (κ3) is 5.01. The van der Waals surface area contributed by atoms with Gasteiger partial charge in [0.25, 0.3) is 0 Å². The van der Waals surface area contributed by atoms with Crippen LogP contribution in [0, 0.1) is 0 Å². The molecular weight excluding hydrogens is 240 g/mol. The number of ether oxygens (including phenoxy) is 1. The van der Waals surface area contributed by atoms with E-state index in [0.717, 1.165) is 13.0 Å². The molecule has 0 aliphatic heterocycles. The Bertz CT molecular complexity index is 368. The van der Waals surface area contributed by atoms with Crippen molar-refractivity contribution in [1.29, 1.82) is 0 Å². The van der Waals surface area contributed by atoms with Gasteiger partial charge in [0, 0.05) is 19.6 Å². The smallest absolute Gasteiger partial charge is 0.323 e. The maximum Gasteiger partial charge on any atom is 0.323 e. The Hall–Kier alpha value is -1.39. The number of nitrogens with zero attached hydrogens (tertiary/aromatic N) is 1. The summed E-state index contributed by atoms with van der Waals surface area (Å²) in [5, 5.41) is 0. The van der Waals surface area contributed by atoms with Gasteiger partial charge in [0.15, 0.2) is 0 Å². The molecular formula is C15H24N2O2. The maximum atomic E-state index is 12.0. The van der Waals surface area contributed by atoms with Crippen molar-refractivity contribution in [2.45, 2.75) is 32.9 Å². The quantitative estimate of drug-likeness (QED) is 0.727. The molecule has 106 valence electrons. The van der Waals surface area contributed by atoms with Crippen LogP contribution in [0.4, 0.5) is 0 Å². The van der Waals surface area contributed by atoms with Gasteiger partial charge >= 0.3 is 5.97 Å². The van der Waals surface area contributed by atoms with E-state index >= 15 is 0 Å². The number of hydrogen-bond donors (Lipinski definition) is 1. The highest BCUT2D eigenvalue weighted by Crippen LogP contribution is 2.12. The van der Waals surface area contributed by atoms with Crippen molar-refractivity contribution in [2.75, 3.05) is 19.7 Å². The fourth-order valence-corrected chi connectivity index (χ4v) is 2.14. The summed E-state index contributed by atoms with van der Waals surface area (Å²) in [4.78, 5) is 14.1. The zero-order valence-corrected chi connectivity index (χ0v) is 11.8. The molecule has 0 aliphatic rings. The third-order valence-electron chi connectivity index (χ3n) is 3.03. The Morgan fingerprint density at radius 2 is 2.00 bits per heavy atom. The molecule has 0 heterocycles. The topological polar surface area (TPSA) is 55.6 Å². The summed E-state index contributed by atoms with van der Waals surface area (Å²) in [6.45, 7) is 6.17. The summed E-state index contributed by atoms with van der Waals surface area (Å²) in [7, 11) is 0. The second-order valence-electron chi connectivity index (χ2n) is 4.42. The minimum absolute atomic E-state index is 0.158. The lowest BCUT2D eigenvalue weighted by Gasteiger charge is -2.29. The highest BCUT2D eigenvalue weighted by molar-refractivity contribution is 5.75. The van der Waals surface area contributed by atoms with E-state index in [0.29, 0.717) is 19.7 Å². The molecule has 1 aromatic rings. The van der Waals surface area contributed by atoms with Crippen LogP contribution in [-0.2, 0) is 16.1 Å². The Morgan fingerprint density at radius 3 is 2.53 bits per heavy atom. The number of esters is 1. The van der Waals surface area contributed by atoms with Gasteiger partial charge in [0.1, 0.15) is 6.04 Å². The minimum atomic E-state index is -0.219. The fourth-order valence-electron chi connectivity index (χ4n) is 2.14. The van der Waals surface area contributed by atoms with E-state index in [1.165, 1.54) is 5.56 Å². The number of hydrogen-bond acceptors (Lipinski definition) is 4. The molecule has 0 saturated heterocycles. The van der Waals surface area contributed by atoms with Gasteiger partial charge in [-0.1, -0.05) is 37.3 Å². The normalized spacial score (nSPS) is 12.4. The van der Waals surface area contributed by atoms with E-state index in [1.807, 2.05) is 32.0 Å². The van der Waals surface area contributed by atoms with Gasteiger partial charge in [-0.25, -0.2) is 0 Å². The first kappa shape index (κ1) is 15.7. The molecule has 0 radical (unpaired) electrons. The number of carbonyl (C=O) groups is 1. The summed E-state index contributed by atoms with van der Waals surface area (Å²) >= 11 is 0. The second-order valence-corrected chi connectivity index (χ2v) is 4.42. The predicted molar refractivity (Wildman–Crippen MR) is 76.6 cm³/mol. The second kappa shape index (κ2) is 8.67. The molecule has 0 amide bonds. The lowest BCUT2D eigenvalue weighted by Crippen LogP contribution is -2.43. The average molecular weight is 264 g/mol. The van der Waals surface area contributed by atoms with E-state index in [1.54, 1.807) is 0 Å². The van der Waals surface area contributed by atoms with Gasteiger partial charge in [0.2, 0.25) is 0 Å². The van der Waals surface area contributed by atoms with Crippen LogP contribution in [0.1, 0.15) is 25.8 Å². The van der Waals surface area contributed by atoms with Crippen molar-refractivity contribution in [3.63, 3.8) is 0 Å². The van der Waals surface area contributed by atoms with Crippen molar-refractivity contribution < 1.29 is 9.53 Å².